The lowest BCUT2D eigenvalue weighted by Crippen LogP contribution is -2.27. The van der Waals surface area contributed by atoms with Gasteiger partial charge in [-0.25, -0.2) is 4.21 Å². The van der Waals surface area contributed by atoms with Gasteiger partial charge in [0.1, 0.15) is 0 Å². The SMILES string of the molecule is Cc1cc([N+](=O)[O-])ccc1S(=O)(=O)N=S(C)(=O)C(C)(C)C. The second kappa shape index (κ2) is 5.38. The van der Waals surface area contributed by atoms with Crippen LogP contribution in [0, 0.1) is 17.0 Å². The number of hydrogen-bond donors (Lipinski definition) is 0. The van der Waals surface area contributed by atoms with Crippen LogP contribution >= 0.6 is 0 Å². The van der Waals surface area contributed by atoms with E-state index < -0.39 is 29.4 Å². The van der Waals surface area contributed by atoms with Gasteiger partial charge in [-0.2, -0.15) is 8.42 Å². The van der Waals surface area contributed by atoms with E-state index >= 15 is 0 Å². The summed E-state index contributed by atoms with van der Waals surface area (Å²) in [5.41, 5.74) is -0.0171. The molecule has 0 aromatic heterocycles. The van der Waals surface area contributed by atoms with E-state index in [4.69, 9.17) is 0 Å². The van der Waals surface area contributed by atoms with Crippen LogP contribution in [0.2, 0.25) is 0 Å². The molecule has 0 amide bonds. The molecule has 0 radical (unpaired) electrons. The Morgan fingerprint density at radius 3 is 2.10 bits per heavy atom. The normalized spacial score (nSPS) is 15.3. The minimum atomic E-state index is -4.15. The summed E-state index contributed by atoms with van der Waals surface area (Å²) in [5, 5.41) is 10.7. The number of hydrogen-bond acceptors (Lipinski definition) is 5. The summed E-state index contributed by atoms with van der Waals surface area (Å²) in [6.45, 7) is 6.34. The van der Waals surface area contributed by atoms with Gasteiger partial charge in [-0.1, -0.05) is 0 Å². The molecule has 1 atom stereocenters. The number of benzene rings is 1. The van der Waals surface area contributed by atoms with E-state index in [2.05, 4.69) is 3.77 Å². The molecule has 0 N–H and O–H groups in total. The van der Waals surface area contributed by atoms with E-state index in [1.165, 1.54) is 13.2 Å². The van der Waals surface area contributed by atoms with Gasteiger partial charge < -0.3 is 0 Å². The fourth-order valence-corrected chi connectivity index (χ4v) is 4.80. The Labute approximate surface area is 124 Å². The lowest BCUT2D eigenvalue weighted by molar-refractivity contribution is -0.385. The summed E-state index contributed by atoms with van der Waals surface area (Å²) in [5.74, 6) is 0. The molecule has 0 spiro atoms. The second-order valence-corrected chi connectivity index (χ2v) is 10.5. The van der Waals surface area contributed by atoms with Crippen molar-refractivity contribution in [3.63, 3.8) is 0 Å². The van der Waals surface area contributed by atoms with Crippen LogP contribution in [-0.2, 0) is 19.8 Å². The first kappa shape index (κ1) is 17.6. The number of nitrogens with zero attached hydrogens (tertiary/aromatic N) is 2. The van der Waals surface area contributed by atoms with Gasteiger partial charge in [0.2, 0.25) is 0 Å². The van der Waals surface area contributed by atoms with E-state index in [1.54, 1.807) is 20.8 Å². The van der Waals surface area contributed by atoms with Gasteiger partial charge in [-0.05, 0) is 39.3 Å². The molecule has 1 rings (SSSR count). The van der Waals surface area contributed by atoms with E-state index in [-0.39, 0.29) is 16.1 Å². The molecule has 0 aliphatic heterocycles. The molecule has 0 aliphatic carbocycles. The number of non-ortho nitro benzene ring substituents is 1. The van der Waals surface area contributed by atoms with Crippen LogP contribution in [0.15, 0.2) is 26.9 Å². The maximum absolute atomic E-state index is 12.4. The van der Waals surface area contributed by atoms with Crippen LogP contribution in [0.3, 0.4) is 0 Å². The third-order valence-electron chi connectivity index (χ3n) is 3.02. The average molecular weight is 334 g/mol. The summed E-state index contributed by atoms with van der Waals surface area (Å²) < 4.78 is 39.7. The molecule has 1 aromatic carbocycles. The Bertz CT molecular complexity index is 797. The van der Waals surface area contributed by atoms with Gasteiger partial charge in [0.05, 0.1) is 19.5 Å². The van der Waals surface area contributed by atoms with Crippen molar-refractivity contribution in [3.8, 4) is 0 Å². The van der Waals surface area contributed by atoms with Crippen LogP contribution in [0.4, 0.5) is 5.69 Å². The Balaban J connectivity index is 3.51. The number of rotatable bonds is 3. The molecule has 9 heteroatoms. The minimum Gasteiger partial charge on any atom is -0.258 e. The molecule has 1 unspecified atom stereocenters. The van der Waals surface area contributed by atoms with Crippen molar-refractivity contribution < 1.29 is 17.6 Å². The standard InChI is InChI=1S/C12H18N2O5S2/c1-9-8-10(14(15)16)6-7-11(9)21(18,19)13-20(5,17)12(2,3)4/h6-8H,1-5H3. The van der Waals surface area contributed by atoms with E-state index in [0.29, 0.717) is 0 Å². The molecule has 0 bridgehead atoms. The predicted molar refractivity (Wildman–Crippen MR) is 81.3 cm³/mol. The molecular weight excluding hydrogens is 316 g/mol. The van der Waals surface area contributed by atoms with Gasteiger partial charge in [-0.3, -0.25) is 10.1 Å². The Hall–Kier alpha value is -1.48. The molecule has 1 aromatic rings. The first-order valence-corrected chi connectivity index (χ1v) is 9.37. The number of sulfonamides is 1. The summed E-state index contributed by atoms with van der Waals surface area (Å²) >= 11 is 0. The van der Waals surface area contributed by atoms with Crippen molar-refractivity contribution in [2.75, 3.05) is 6.26 Å². The summed E-state index contributed by atoms with van der Waals surface area (Å²) in [6, 6.07) is 3.35. The quantitative estimate of drug-likeness (QED) is 0.623. The molecule has 0 aliphatic rings. The third-order valence-corrected chi connectivity index (χ3v) is 8.23. The van der Waals surface area contributed by atoms with Crippen molar-refractivity contribution in [3.05, 3.63) is 33.9 Å². The van der Waals surface area contributed by atoms with Gasteiger partial charge in [0.25, 0.3) is 15.7 Å². The van der Waals surface area contributed by atoms with E-state index in [9.17, 15) is 22.7 Å². The topological polar surface area (TPSA) is 107 Å². The highest BCUT2D eigenvalue weighted by Gasteiger charge is 2.27. The van der Waals surface area contributed by atoms with E-state index in [1.807, 2.05) is 0 Å². The largest absolute Gasteiger partial charge is 0.290 e. The zero-order valence-corrected chi connectivity index (χ0v) is 14.1. The number of nitro benzene ring substituents is 1. The highest BCUT2D eigenvalue weighted by molar-refractivity contribution is 8.03. The van der Waals surface area contributed by atoms with Gasteiger partial charge >= 0.3 is 0 Å². The van der Waals surface area contributed by atoms with Crippen LogP contribution in [0.5, 0.6) is 0 Å². The average Bonchev–Trinajstić information content (AvgIpc) is 2.25. The fraction of sp³-hybridized carbons (Fsp3) is 0.500. The fourth-order valence-electron chi connectivity index (χ4n) is 1.38. The predicted octanol–water partition coefficient (Wildman–Crippen LogP) is 2.49. The highest BCUT2D eigenvalue weighted by Crippen LogP contribution is 2.26. The van der Waals surface area contributed by atoms with Gasteiger partial charge in [0.15, 0.2) is 0 Å². The lowest BCUT2D eigenvalue weighted by Gasteiger charge is -2.20. The summed E-state index contributed by atoms with van der Waals surface area (Å²) in [6.07, 6.45) is 1.28. The molecule has 7 nitrogen and oxygen atoms in total. The smallest absolute Gasteiger partial charge is 0.258 e. The van der Waals surface area contributed by atoms with Crippen LogP contribution in [-0.4, -0.2) is 28.6 Å². The number of aryl methyl sites for hydroxylation is 1. The van der Waals surface area contributed by atoms with Crippen molar-refractivity contribution in [2.24, 2.45) is 3.77 Å². The van der Waals surface area contributed by atoms with Crippen molar-refractivity contribution in [2.45, 2.75) is 37.3 Å². The third kappa shape index (κ3) is 3.79. The number of nitro groups is 1. The molecule has 118 valence electrons. The Morgan fingerprint density at radius 1 is 1.19 bits per heavy atom. The van der Waals surface area contributed by atoms with Crippen molar-refractivity contribution in [1.29, 1.82) is 0 Å². The minimum absolute atomic E-state index is 0.174. The molecular formula is C12H18N2O5S2. The second-order valence-electron chi connectivity index (χ2n) is 5.67. The zero-order chi connectivity index (χ0) is 16.6. The zero-order valence-electron chi connectivity index (χ0n) is 12.5. The van der Waals surface area contributed by atoms with Crippen LogP contribution < -0.4 is 0 Å². The molecule has 0 saturated heterocycles. The maximum Gasteiger partial charge on any atom is 0.290 e. The first-order chi connectivity index (χ1) is 9.28. The highest BCUT2D eigenvalue weighted by atomic mass is 32.3. The van der Waals surface area contributed by atoms with Crippen LogP contribution in [0.25, 0.3) is 0 Å². The summed E-state index contributed by atoms with van der Waals surface area (Å²) in [7, 11) is -7.14. The molecule has 21 heavy (non-hydrogen) atoms. The maximum atomic E-state index is 12.4. The van der Waals surface area contributed by atoms with Crippen molar-refractivity contribution >= 4 is 25.4 Å². The monoisotopic (exact) mass is 334 g/mol. The summed E-state index contributed by atoms with van der Waals surface area (Å²) in [4.78, 5) is 9.87. The van der Waals surface area contributed by atoms with Gasteiger partial charge in [-0.15, -0.1) is 3.77 Å². The van der Waals surface area contributed by atoms with Crippen molar-refractivity contribution in [1.82, 2.24) is 0 Å². The molecule has 0 saturated carbocycles. The Morgan fingerprint density at radius 2 is 1.71 bits per heavy atom. The molecule has 0 heterocycles. The molecule has 0 fully saturated rings. The first-order valence-electron chi connectivity index (χ1n) is 6.01. The Kier molecular flexibility index (Phi) is 4.50. The van der Waals surface area contributed by atoms with Gasteiger partial charge in [0, 0.05) is 23.1 Å². The van der Waals surface area contributed by atoms with Crippen LogP contribution in [0.1, 0.15) is 26.3 Å². The van der Waals surface area contributed by atoms with E-state index in [0.717, 1.165) is 18.2 Å². The lowest BCUT2D eigenvalue weighted by atomic mass is 10.2.